The van der Waals surface area contributed by atoms with Crippen molar-refractivity contribution in [2.75, 3.05) is 0 Å². The van der Waals surface area contributed by atoms with E-state index >= 15 is 0 Å². The highest BCUT2D eigenvalue weighted by Crippen LogP contribution is 2.36. The average molecular weight is 343 g/mol. The summed E-state index contributed by atoms with van der Waals surface area (Å²) in [6.07, 6.45) is 0. The van der Waals surface area contributed by atoms with Crippen molar-refractivity contribution in [1.29, 1.82) is 0 Å². The summed E-state index contributed by atoms with van der Waals surface area (Å²) in [7, 11) is 0. The van der Waals surface area contributed by atoms with E-state index in [1.165, 1.54) is 12.1 Å². The van der Waals surface area contributed by atoms with Gasteiger partial charge < -0.3 is 4.74 Å². The van der Waals surface area contributed by atoms with Crippen molar-refractivity contribution in [1.82, 2.24) is 0 Å². The minimum atomic E-state index is -2.19. The Kier molecular flexibility index (Phi) is 4.88. The van der Waals surface area contributed by atoms with Gasteiger partial charge >= 0.3 is 5.97 Å². The fourth-order valence-corrected chi connectivity index (χ4v) is 1.43. The van der Waals surface area contributed by atoms with Crippen LogP contribution in [0, 0.1) is 0 Å². The topological polar surface area (TPSA) is 26.3 Å². The zero-order valence-corrected chi connectivity index (χ0v) is 11.8. The van der Waals surface area contributed by atoms with Crippen LogP contribution in [0.3, 0.4) is 0 Å². The minimum absolute atomic E-state index is 0.0348. The third kappa shape index (κ3) is 3.73. The van der Waals surface area contributed by atoms with Crippen LogP contribution in [0.5, 0.6) is 5.75 Å². The summed E-state index contributed by atoms with van der Waals surface area (Å²) in [6.45, 7) is 0. The van der Waals surface area contributed by atoms with Crippen LogP contribution >= 0.6 is 69.6 Å². The summed E-state index contributed by atoms with van der Waals surface area (Å²) >= 11 is 33.1. The molecule has 0 aliphatic heterocycles. The maximum absolute atomic E-state index is 11.2. The monoisotopic (exact) mass is 340 g/mol. The summed E-state index contributed by atoms with van der Waals surface area (Å²) in [5.74, 6) is -1.12. The second-order valence-electron chi connectivity index (χ2n) is 2.58. The summed E-state index contributed by atoms with van der Waals surface area (Å²) < 4.78 is 2.55. The molecule has 0 N–H and O–H groups in total. The molecule has 16 heavy (non-hydrogen) atoms. The maximum atomic E-state index is 11.2. The first kappa shape index (κ1) is 14.5. The van der Waals surface area contributed by atoms with Gasteiger partial charge in [-0.15, -0.1) is 0 Å². The number of carbonyl (C=O) groups excluding carboxylic acids is 1. The molecule has 0 saturated carbocycles. The SMILES string of the molecule is O=C(Oc1cc(Cl)c(Cl)cc1Cl)C(Cl)(Cl)Cl. The normalized spacial score (nSPS) is 11.4. The lowest BCUT2D eigenvalue weighted by Crippen LogP contribution is -2.24. The molecule has 1 aromatic rings. The number of rotatable bonds is 1. The van der Waals surface area contributed by atoms with E-state index < -0.39 is 9.76 Å². The Hall–Kier alpha value is 0.430. The molecule has 8 heteroatoms. The molecule has 0 fully saturated rings. The van der Waals surface area contributed by atoms with Gasteiger partial charge in [0.15, 0.2) is 5.75 Å². The van der Waals surface area contributed by atoms with Crippen LogP contribution in [-0.2, 0) is 4.79 Å². The fourth-order valence-electron chi connectivity index (χ4n) is 0.740. The van der Waals surface area contributed by atoms with Gasteiger partial charge in [0, 0.05) is 6.07 Å². The molecule has 0 aliphatic carbocycles. The summed E-state index contributed by atoms with van der Waals surface area (Å²) in [5, 5.41) is 0.468. The highest BCUT2D eigenvalue weighted by atomic mass is 35.6. The molecule has 0 bridgehead atoms. The molecule has 1 rings (SSSR count). The number of esters is 1. The van der Waals surface area contributed by atoms with Gasteiger partial charge in [0.25, 0.3) is 3.79 Å². The van der Waals surface area contributed by atoms with E-state index in [-0.39, 0.29) is 20.8 Å². The molecule has 0 aromatic heterocycles. The summed E-state index contributed by atoms with van der Waals surface area (Å²) in [6, 6.07) is 2.56. The van der Waals surface area contributed by atoms with E-state index in [4.69, 9.17) is 74.3 Å². The van der Waals surface area contributed by atoms with Gasteiger partial charge in [-0.1, -0.05) is 69.6 Å². The van der Waals surface area contributed by atoms with Crippen LogP contribution in [0.15, 0.2) is 12.1 Å². The molecule has 0 unspecified atom stereocenters. The number of hydrogen-bond donors (Lipinski definition) is 0. The van der Waals surface area contributed by atoms with Gasteiger partial charge in [0.2, 0.25) is 0 Å². The lowest BCUT2D eigenvalue weighted by atomic mass is 10.3. The molecule has 0 saturated heterocycles. The summed E-state index contributed by atoms with van der Waals surface area (Å²) in [5.41, 5.74) is 0. The number of alkyl halides is 3. The highest BCUT2D eigenvalue weighted by molar-refractivity contribution is 6.75. The average Bonchev–Trinajstić information content (AvgIpc) is 2.12. The third-order valence-corrected chi connectivity index (χ3v) is 2.89. The number of ether oxygens (including phenoxy) is 1. The molecule has 0 amide bonds. The first-order valence-electron chi connectivity index (χ1n) is 3.65. The first-order valence-corrected chi connectivity index (χ1v) is 5.92. The maximum Gasteiger partial charge on any atom is 0.363 e. The van der Waals surface area contributed by atoms with Crippen LogP contribution in [0.2, 0.25) is 15.1 Å². The van der Waals surface area contributed by atoms with Crippen LogP contribution < -0.4 is 4.74 Å². The van der Waals surface area contributed by atoms with Gasteiger partial charge in [-0.2, -0.15) is 0 Å². The predicted molar refractivity (Wildman–Crippen MR) is 67.4 cm³/mol. The van der Waals surface area contributed by atoms with Crippen molar-refractivity contribution in [2.45, 2.75) is 3.79 Å². The number of benzene rings is 1. The molecule has 2 nitrogen and oxygen atoms in total. The largest absolute Gasteiger partial charge is 0.422 e. The van der Waals surface area contributed by atoms with Crippen molar-refractivity contribution >= 4 is 75.6 Å². The smallest absolute Gasteiger partial charge is 0.363 e. The molecule has 1 aromatic carbocycles. The molecule has 0 atom stereocenters. The first-order chi connectivity index (χ1) is 7.21. The molecular weight excluding hydrogens is 341 g/mol. The van der Waals surface area contributed by atoms with Crippen LogP contribution in [0.4, 0.5) is 0 Å². The van der Waals surface area contributed by atoms with Crippen molar-refractivity contribution in [2.24, 2.45) is 0 Å². The second kappa shape index (κ2) is 5.38. The zero-order chi connectivity index (χ0) is 12.5. The quantitative estimate of drug-likeness (QED) is 0.313. The Morgan fingerprint density at radius 1 is 1.00 bits per heavy atom. The van der Waals surface area contributed by atoms with Crippen LogP contribution in [0.1, 0.15) is 0 Å². The van der Waals surface area contributed by atoms with Gasteiger partial charge in [-0.25, -0.2) is 4.79 Å². The van der Waals surface area contributed by atoms with Crippen LogP contribution in [-0.4, -0.2) is 9.76 Å². The van der Waals surface area contributed by atoms with Gasteiger partial charge in [-0.3, -0.25) is 0 Å². The summed E-state index contributed by atoms with van der Waals surface area (Å²) in [4.78, 5) is 11.2. The molecular formula is C8H2Cl6O2. The van der Waals surface area contributed by atoms with Crippen molar-refractivity contribution in [3.63, 3.8) is 0 Å². The van der Waals surface area contributed by atoms with E-state index in [1.54, 1.807) is 0 Å². The fraction of sp³-hybridized carbons (Fsp3) is 0.125. The van der Waals surface area contributed by atoms with E-state index in [1.807, 2.05) is 0 Å². The van der Waals surface area contributed by atoms with Crippen LogP contribution in [0.25, 0.3) is 0 Å². The van der Waals surface area contributed by atoms with Gasteiger partial charge in [0.1, 0.15) is 0 Å². The molecule has 0 aliphatic rings. The van der Waals surface area contributed by atoms with E-state index in [0.29, 0.717) is 0 Å². The lowest BCUT2D eigenvalue weighted by Gasteiger charge is -2.11. The number of hydrogen-bond acceptors (Lipinski definition) is 2. The molecule has 0 radical (unpaired) electrons. The molecule has 88 valence electrons. The van der Waals surface area contributed by atoms with Gasteiger partial charge in [0.05, 0.1) is 15.1 Å². The van der Waals surface area contributed by atoms with E-state index in [0.717, 1.165) is 0 Å². The lowest BCUT2D eigenvalue weighted by molar-refractivity contribution is -0.133. The van der Waals surface area contributed by atoms with Gasteiger partial charge in [-0.05, 0) is 6.07 Å². The third-order valence-electron chi connectivity index (χ3n) is 1.41. The Morgan fingerprint density at radius 3 is 2.00 bits per heavy atom. The Labute approximate surface area is 121 Å². The van der Waals surface area contributed by atoms with Crippen molar-refractivity contribution < 1.29 is 9.53 Å². The Balaban J connectivity index is 2.99. The Bertz CT molecular complexity index is 425. The number of halogens is 6. The minimum Gasteiger partial charge on any atom is -0.422 e. The zero-order valence-electron chi connectivity index (χ0n) is 7.24. The predicted octanol–water partition coefficient (Wildman–Crippen LogP) is 4.92. The van der Waals surface area contributed by atoms with E-state index in [2.05, 4.69) is 0 Å². The standard InChI is InChI=1S/C8H2Cl6O2/c9-3-1-5(11)6(2-4(3)10)16-7(15)8(12,13)14/h1-2H. The molecule has 0 spiro atoms. The Morgan fingerprint density at radius 2 is 1.50 bits per heavy atom. The van der Waals surface area contributed by atoms with Crippen molar-refractivity contribution in [3.8, 4) is 5.75 Å². The van der Waals surface area contributed by atoms with E-state index in [9.17, 15) is 4.79 Å². The second-order valence-corrected chi connectivity index (χ2v) is 6.09. The number of carbonyl (C=O) groups is 1. The van der Waals surface area contributed by atoms with Crippen molar-refractivity contribution in [3.05, 3.63) is 27.2 Å². The highest BCUT2D eigenvalue weighted by Gasteiger charge is 2.33. The molecule has 0 heterocycles.